The summed E-state index contributed by atoms with van der Waals surface area (Å²) in [4.78, 5) is 0. The number of piperidine rings is 1. The maximum atomic E-state index is 3.54. The molecular formula is C18H24N2. The molecule has 1 N–H and O–H groups in total. The van der Waals surface area contributed by atoms with Crippen LogP contribution in [-0.4, -0.2) is 17.7 Å². The van der Waals surface area contributed by atoms with Crippen LogP contribution < -0.4 is 5.32 Å². The van der Waals surface area contributed by atoms with Crippen molar-refractivity contribution in [2.24, 2.45) is 5.92 Å². The van der Waals surface area contributed by atoms with Gasteiger partial charge in [0, 0.05) is 17.6 Å². The molecule has 2 nitrogen and oxygen atoms in total. The van der Waals surface area contributed by atoms with Gasteiger partial charge in [0.25, 0.3) is 0 Å². The molecule has 1 saturated heterocycles. The van der Waals surface area contributed by atoms with Gasteiger partial charge in [-0.1, -0.05) is 6.07 Å². The molecule has 0 saturated carbocycles. The van der Waals surface area contributed by atoms with E-state index >= 15 is 0 Å². The molecule has 0 spiro atoms. The first-order chi connectivity index (χ1) is 9.81. The summed E-state index contributed by atoms with van der Waals surface area (Å²) in [6.45, 7) is 5.87. The lowest BCUT2D eigenvalue weighted by Gasteiger charge is -2.24. The van der Waals surface area contributed by atoms with Crippen molar-refractivity contribution in [2.75, 3.05) is 13.1 Å². The lowest BCUT2D eigenvalue weighted by Crippen LogP contribution is -2.30. The zero-order valence-corrected chi connectivity index (χ0v) is 12.4. The summed E-state index contributed by atoms with van der Waals surface area (Å²) in [5.41, 5.74) is 6.08. The minimum absolute atomic E-state index is 0.833. The van der Waals surface area contributed by atoms with Gasteiger partial charge < -0.3 is 9.88 Å². The number of benzene rings is 1. The van der Waals surface area contributed by atoms with Gasteiger partial charge in [-0.25, -0.2) is 0 Å². The first-order valence-corrected chi connectivity index (χ1v) is 8.13. The van der Waals surface area contributed by atoms with Crippen LogP contribution in [0.1, 0.15) is 36.1 Å². The maximum absolute atomic E-state index is 3.54. The molecule has 1 unspecified atom stereocenters. The Hall–Kier alpha value is -1.28. The van der Waals surface area contributed by atoms with Crippen LogP contribution in [0.25, 0.3) is 10.9 Å². The molecule has 106 valence electrons. The molecule has 0 aliphatic carbocycles. The van der Waals surface area contributed by atoms with Crippen LogP contribution >= 0.6 is 0 Å². The Morgan fingerprint density at radius 1 is 1.25 bits per heavy atom. The molecule has 1 atom stereocenters. The highest BCUT2D eigenvalue weighted by Crippen LogP contribution is 2.31. The van der Waals surface area contributed by atoms with Crippen LogP contribution in [0.3, 0.4) is 0 Å². The van der Waals surface area contributed by atoms with E-state index in [4.69, 9.17) is 0 Å². The smallest absolute Gasteiger partial charge is 0.0515 e. The summed E-state index contributed by atoms with van der Waals surface area (Å²) < 4.78 is 2.51. The zero-order chi connectivity index (χ0) is 13.5. The number of aryl methyl sites for hydroxylation is 3. The minimum atomic E-state index is 0.833. The van der Waals surface area contributed by atoms with Gasteiger partial charge in [-0.3, -0.25) is 0 Å². The number of hydrogen-bond donors (Lipinski definition) is 1. The van der Waals surface area contributed by atoms with Crippen molar-refractivity contribution < 1.29 is 0 Å². The lowest BCUT2D eigenvalue weighted by atomic mass is 9.90. The van der Waals surface area contributed by atoms with Crippen molar-refractivity contribution >= 4 is 10.9 Å². The van der Waals surface area contributed by atoms with Gasteiger partial charge in [-0.2, -0.15) is 0 Å². The molecule has 0 bridgehead atoms. The van der Waals surface area contributed by atoms with E-state index in [-0.39, 0.29) is 0 Å². The molecule has 1 fully saturated rings. The van der Waals surface area contributed by atoms with Crippen LogP contribution in [0.5, 0.6) is 0 Å². The van der Waals surface area contributed by atoms with Gasteiger partial charge >= 0.3 is 0 Å². The Labute approximate surface area is 121 Å². The average Bonchev–Trinajstić information content (AvgIpc) is 2.78. The van der Waals surface area contributed by atoms with Gasteiger partial charge in [0.15, 0.2) is 0 Å². The minimum Gasteiger partial charge on any atom is -0.345 e. The molecule has 1 aromatic carbocycles. The Morgan fingerprint density at radius 2 is 2.20 bits per heavy atom. The largest absolute Gasteiger partial charge is 0.345 e. The summed E-state index contributed by atoms with van der Waals surface area (Å²) in [6, 6.07) is 7.32. The number of hydrogen-bond acceptors (Lipinski definition) is 1. The Kier molecular flexibility index (Phi) is 3.07. The van der Waals surface area contributed by atoms with Gasteiger partial charge in [0.2, 0.25) is 0 Å². The highest BCUT2D eigenvalue weighted by atomic mass is 15.0. The maximum Gasteiger partial charge on any atom is 0.0515 e. The third kappa shape index (κ3) is 2.07. The highest BCUT2D eigenvalue weighted by molar-refractivity contribution is 5.85. The fraction of sp³-hybridized carbons (Fsp3) is 0.556. The SMILES string of the molecule is Cc1cc2cc(CC3CCCNC3)cc3c2n1CCC3. The summed E-state index contributed by atoms with van der Waals surface area (Å²) in [6.07, 6.45) is 6.54. The molecule has 2 heteroatoms. The number of nitrogens with zero attached hydrogens (tertiary/aromatic N) is 1. The monoisotopic (exact) mass is 268 g/mol. The fourth-order valence-electron chi connectivity index (χ4n) is 4.16. The third-order valence-electron chi connectivity index (χ3n) is 5.09. The molecular weight excluding hydrogens is 244 g/mol. The Morgan fingerprint density at radius 3 is 3.05 bits per heavy atom. The van der Waals surface area contributed by atoms with Gasteiger partial charge in [-0.15, -0.1) is 0 Å². The van der Waals surface area contributed by atoms with Crippen LogP contribution in [0, 0.1) is 12.8 Å². The van der Waals surface area contributed by atoms with Crippen LogP contribution in [0.2, 0.25) is 0 Å². The summed E-state index contributed by atoms with van der Waals surface area (Å²) >= 11 is 0. The van der Waals surface area contributed by atoms with Crippen LogP contribution in [-0.2, 0) is 19.4 Å². The molecule has 1 aromatic heterocycles. The molecule has 20 heavy (non-hydrogen) atoms. The molecule has 0 amide bonds. The van der Waals surface area contributed by atoms with E-state index in [1.54, 1.807) is 11.1 Å². The van der Waals surface area contributed by atoms with Gasteiger partial charge in [0.1, 0.15) is 0 Å². The summed E-state index contributed by atoms with van der Waals surface area (Å²) in [7, 11) is 0. The lowest BCUT2D eigenvalue weighted by molar-refractivity contribution is 0.376. The van der Waals surface area contributed by atoms with Crippen LogP contribution in [0.15, 0.2) is 18.2 Å². The molecule has 3 heterocycles. The predicted octanol–water partition coefficient (Wildman–Crippen LogP) is 3.44. The van der Waals surface area contributed by atoms with E-state index in [9.17, 15) is 0 Å². The number of nitrogens with one attached hydrogen (secondary N) is 1. The quantitative estimate of drug-likeness (QED) is 0.883. The first-order valence-electron chi connectivity index (χ1n) is 8.13. The number of aromatic nitrogens is 1. The van der Waals surface area contributed by atoms with E-state index in [0.717, 1.165) is 5.92 Å². The van der Waals surface area contributed by atoms with Crippen molar-refractivity contribution in [3.05, 3.63) is 35.0 Å². The van der Waals surface area contributed by atoms with Crippen molar-refractivity contribution in [2.45, 2.75) is 45.6 Å². The van der Waals surface area contributed by atoms with Gasteiger partial charge in [-0.05, 0) is 81.3 Å². The van der Waals surface area contributed by atoms with E-state index in [1.807, 2.05) is 0 Å². The zero-order valence-electron chi connectivity index (χ0n) is 12.4. The molecule has 0 radical (unpaired) electrons. The van der Waals surface area contributed by atoms with Crippen molar-refractivity contribution in [1.82, 2.24) is 9.88 Å². The van der Waals surface area contributed by atoms with E-state index in [0.29, 0.717) is 0 Å². The Balaban J connectivity index is 1.71. The first kappa shape index (κ1) is 12.5. The van der Waals surface area contributed by atoms with E-state index in [2.05, 4.69) is 35.0 Å². The number of rotatable bonds is 2. The Bertz CT molecular complexity index is 632. The molecule has 4 rings (SSSR count). The second-order valence-electron chi connectivity index (χ2n) is 6.65. The fourth-order valence-corrected chi connectivity index (χ4v) is 4.16. The van der Waals surface area contributed by atoms with Crippen molar-refractivity contribution in [3.8, 4) is 0 Å². The normalized spacial score (nSPS) is 22.4. The topological polar surface area (TPSA) is 17.0 Å². The van der Waals surface area contributed by atoms with Crippen molar-refractivity contribution in [1.29, 1.82) is 0 Å². The second-order valence-corrected chi connectivity index (χ2v) is 6.65. The van der Waals surface area contributed by atoms with Crippen molar-refractivity contribution in [3.63, 3.8) is 0 Å². The standard InChI is InChI=1S/C18H24N2/c1-13-8-17-11-15(9-14-4-2-6-19-12-14)10-16-5-3-7-20(13)18(16)17/h8,10-11,14,19H,2-7,9,12H2,1H3. The predicted molar refractivity (Wildman–Crippen MR) is 84.3 cm³/mol. The second kappa shape index (κ2) is 4.92. The molecule has 2 aliphatic heterocycles. The van der Waals surface area contributed by atoms with Gasteiger partial charge in [0.05, 0.1) is 5.52 Å². The molecule has 2 aromatic rings. The van der Waals surface area contributed by atoms with E-state index in [1.165, 1.54) is 68.3 Å². The third-order valence-corrected chi connectivity index (χ3v) is 5.09. The molecule has 2 aliphatic rings. The summed E-state index contributed by atoms with van der Waals surface area (Å²) in [5.74, 6) is 0.833. The highest BCUT2D eigenvalue weighted by Gasteiger charge is 2.18. The van der Waals surface area contributed by atoms with Crippen LogP contribution in [0.4, 0.5) is 0 Å². The average molecular weight is 268 g/mol. The summed E-state index contributed by atoms with van der Waals surface area (Å²) in [5, 5.41) is 5.01. The van der Waals surface area contributed by atoms with E-state index < -0.39 is 0 Å².